The molecule has 0 amide bonds. The van der Waals surface area contributed by atoms with Gasteiger partial charge in [0.25, 0.3) is 5.69 Å². The van der Waals surface area contributed by atoms with Gasteiger partial charge in [0, 0.05) is 34.2 Å². The summed E-state index contributed by atoms with van der Waals surface area (Å²) in [5.74, 6) is 0. The quantitative estimate of drug-likeness (QED) is 0.650. The number of rotatable bonds is 5. The molecule has 0 atom stereocenters. The van der Waals surface area contributed by atoms with E-state index in [-0.39, 0.29) is 10.6 Å². The van der Waals surface area contributed by atoms with Crippen molar-refractivity contribution in [1.82, 2.24) is 0 Å². The van der Waals surface area contributed by atoms with Crippen molar-refractivity contribution in [2.75, 3.05) is 11.9 Å². The van der Waals surface area contributed by atoms with Gasteiger partial charge >= 0.3 is 0 Å². The van der Waals surface area contributed by atoms with Crippen LogP contribution in [-0.2, 0) is 0 Å². The lowest BCUT2D eigenvalue weighted by Crippen LogP contribution is -1.98. The molecule has 0 fully saturated rings. The van der Waals surface area contributed by atoms with Gasteiger partial charge in [-0.15, -0.1) is 0 Å². The van der Waals surface area contributed by atoms with Crippen molar-refractivity contribution in [3.05, 3.63) is 58.1 Å². The lowest BCUT2D eigenvalue weighted by molar-refractivity contribution is -0.385. The molecule has 0 aliphatic carbocycles. The summed E-state index contributed by atoms with van der Waals surface area (Å²) in [5.41, 5.74) is 2.08. The minimum atomic E-state index is -0.361. The van der Waals surface area contributed by atoms with Crippen molar-refractivity contribution in [3.63, 3.8) is 0 Å². The number of aryl methyl sites for hydroxylation is 1. The summed E-state index contributed by atoms with van der Waals surface area (Å²) in [7, 11) is 0. The first-order chi connectivity index (χ1) is 9.58. The van der Waals surface area contributed by atoms with Crippen LogP contribution in [0.5, 0.6) is 0 Å². The van der Waals surface area contributed by atoms with E-state index in [0.29, 0.717) is 0 Å². The Morgan fingerprint density at radius 3 is 2.45 bits per heavy atom. The molecule has 0 radical (unpaired) electrons. The molecule has 0 unspecified atom stereocenters. The minimum absolute atomic E-state index is 0.109. The Kier molecular flexibility index (Phi) is 4.63. The standard InChI is InChI=1S/C15H16N2O2S/c1-3-16-12-8-13(17(18)19)10-15(9-12)20-14-6-4-11(2)5-7-14/h4-10,16H,3H2,1-2H3. The molecule has 104 valence electrons. The fourth-order valence-electron chi connectivity index (χ4n) is 1.80. The van der Waals surface area contributed by atoms with Gasteiger partial charge in [0.1, 0.15) is 0 Å². The number of hydrogen-bond acceptors (Lipinski definition) is 4. The molecule has 2 aromatic carbocycles. The Morgan fingerprint density at radius 1 is 1.15 bits per heavy atom. The molecule has 2 rings (SSSR count). The number of nitrogens with one attached hydrogen (secondary N) is 1. The molecule has 0 aromatic heterocycles. The normalized spacial score (nSPS) is 10.3. The third-order valence-corrected chi connectivity index (χ3v) is 3.72. The Morgan fingerprint density at radius 2 is 1.85 bits per heavy atom. The summed E-state index contributed by atoms with van der Waals surface area (Å²) in [4.78, 5) is 12.5. The fraction of sp³-hybridized carbons (Fsp3) is 0.200. The number of benzene rings is 2. The van der Waals surface area contributed by atoms with Gasteiger partial charge in [0.2, 0.25) is 0 Å². The second-order valence-corrected chi connectivity index (χ2v) is 5.57. The molecular weight excluding hydrogens is 272 g/mol. The lowest BCUT2D eigenvalue weighted by atomic mass is 10.2. The van der Waals surface area contributed by atoms with E-state index in [1.807, 2.05) is 44.2 Å². The average molecular weight is 288 g/mol. The van der Waals surface area contributed by atoms with Crippen molar-refractivity contribution >= 4 is 23.1 Å². The summed E-state index contributed by atoms with van der Waals surface area (Å²) in [6.45, 7) is 4.73. The molecule has 0 saturated heterocycles. The zero-order valence-electron chi connectivity index (χ0n) is 11.4. The Labute approximate surface area is 122 Å². The molecule has 0 aliphatic heterocycles. The van der Waals surface area contributed by atoms with E-state index in [1.54, 1.807) is 12.1 Å². The SMILES string of the molecule is CCNc1cc(Sc2ccc(C)cc2)cc([N+](=O)[O-])c1. The molecule has 0 bridgehead atoms. The topological polar surface area (TPSA) is 55.2 Å². The summed E-state index contributed by atoms with van der Waals surface area (Å²) in [6, 6.07) is 13.2. The summed E-state index contributed by atoms with van der Waals surface area (Å²) in [6.07, 6.45) is 0. The van der Waals surface area contributed by atoms with E-state index in [1.165, 1.54) is 17.3 Å². The first-order valence-electron chi connectivity index (χ1n) is 6.36. The highest BCUT2D eigenvalue weighted by atomic mass is 32.2. The molecule has 20 heavy (non-hydrogen) atoms. The van der Waals surface area contributed by atoms with Crippen molar-refractivity contribution in [3.8, 4) is 0 Å². The molecule has 2 aromatic rings. The second-order valence-electron chi connectivity index (χ2n) is 4.42. The summed E-state index contributed by atoms with van der Waals surface area (Å²) >= 11 is 1.52. The maximum Gasteiger partial charge on any atom is 0.272 e. The van der Waals surface area contributed by atoms with Crippen LogP contribution in [0.3, 0.4) is 0 Å². The summed E-state index contributed by atoms with van der Waals surface area (Å²) in [5, 5.41) is 14.1. The Hall–Kier alpha value is -2.01. The van der Waals surface area contributed by atoms with Gasteiger partial charge in [0.15, 0.2) is 0 Å². The first-order valence-corrected chi connectivity index (χ1v) is 7.18. The Bertz CT molecular complexity index is 612. The third kappa shape index (κ3) is 3.74. The highest BCUT2D eigenvalue weighted by molar-refractivity contribution is 7.99. The molecule has 5 heteroatoms. The predicted molar refractivity (Wildman–Crippen MR) is 82.6 cm³/mol. The van der Waals surface area contributed by atoms with E-state index < -0.39 is 0 Å². The van der Waals surface area contributed by atoms with Crippen LogP contribution in [0.1, 0.15) is 12.5 Å². The average Bonchev–Trinajstić information content (AvgIpc) is 2.41. The van der Waals surface area contributed by atoms with Crippen molar-refractivity contribution in [2.24, 2.45) is 0 Å². The maximum absolute atomic E-state index is 11.0. The van der Waals surface area contributed by atoms with E-state index in [0.717, 1.165) is 22.0 Å². The van der Waals surface area contributed by atoms with Gasteiger partial charge < -0.3 is 5.32 Å². The second kappa shape index (κ2) is 6.43. The van der Waals surface area contributed by atoms with E-state index in [9.17, 15) is 10.1 Å². The zero-order valence-corrected chi connectivity index (χ0v) is 12.2. The number of hydrogen-bond donors (Lipinski definition) is 1. The molecule has 0 saturated carbocycles. The van der Waals surface area contributed by atoms with Crippen molar-refractivity contribution in [1.29, 1.82) is 0 Å². The number of nitrogens with zero attached hydrogens (tertiary/aromatic N) is 1. The number of non-ortho nitro benzene ring substituents is 1. The largest absolute Gasteiger partial charge is 0.385 e. The predicted octanol–water partition coefficient (Wildman–Crippen LogP) is 4.49. The van der Waals surface area contributed by atoms with Crippen LogP contribution in [0.15, 0.2) is 52.3 Å². The third-order valence-electron chi connectivity index (χ3n) is 2.74. The number of anilines is 1. The monoisotopic (exact) mass is 288 g/mol. The Balaban J connectivity index is 2.29. The van der Waals surface area contributed by atoms with Gasteiger partial charge in [0.05, 0.1) is 4.92 Å². The van der Waals surface area contributed by atoms with Gasteiger partial charge in [-0.1, -0.05) is 29.5 Å². The molecular formula is C15H16N2O2S. The van der Waals surface area contributed by atoms with Crippen LogP contribution < -0.4 is 5.32 Å². The highest BCUT2D eigenvalue weighted by Gasteiger charge is 2.10. The van der Waals surface area contributed by atoms with Gasteiger partial charge in [-0.2, -0.15) is 0 Å². The van der Waals surface area contributed by atoms with Gasteiger partial charge in [-0.05, 0) is 32.0 Å². The zero-order chi connectivity index (χ0) is 14.5. The molecule has 0 aliphatic rings. The van der Waals surface area contributed by atoms with E-state index in [2.05, 4.69) is 5.32 Å². The molecule has 0 heterocycles. The van der Waals surface area contributed by atoms with Crippen molar-refractivity contribution in [2.45, 2.75) is 23.6 Å². The lowest BCUT2D eigenvalue weighted by Gasteiger charge is -2.07. The smallest absolute Gasteiger partial charge is 0.272 e. The number of nitro benzene ring substituents is 1. The van der Waals surface area contributed by atoms with Gasteiger partial charge in [-0.3, -0.25) is 10.1 Å². The van der Waals surface area contributed by atoms with E-state index >= 15 is 0 Å². The maximum atomic E-state index is 11.0. The molecule has 1 N–H and O–H groups in total. The van der Waals surface area contributed by atoms with Crippen LogP contribution in [0, 0.1) is 17.0 Å². The first kappa shape index (κ1) is 14.4. The number of nitro groups is 1. The molecule has 4 nitrogen and oxygen atoms in total. The van der Waals surface area contributed by atoms with Crippen LogP contribution in [0.2, 0.25) is 0 Å². The highest BCUT2D eigenvalue weighted by Crippen LogP contribution is 2.33. The minimum Gasteiger partial charge on any atom is -0.385 e. The van der Waals surface area contributed by atoms with Crippen LogP contribution in [0.4, 0.5) is 11.4 Å². The van der Waals surface area contributed by atoms with Crippen LogP contribution >= 0.6 is 11.8 Å². The van der Waals surface area contributed by atoms with Crippen LogP contribution in [0.25, 0.3) is 0 Å². The van der Waals surface area contributed by atoms with E-state index in [4.69, 9.17) is 0 Å². The van der Waals surface area contributed by atoms with Gasteiger partial charge in [-0.25, -0.2) is 0 Å². The van der Waals surface area contributed by atoms with Crippen molar-refractivity contribution < 1.29 is 4.92 Å². The fourth-order valence-corrected chi connectivity index (χ4v) is 2.71. The molecule has 0 spiro atoms. The van der Waals surface area contributed by atoms with Crippen LogP contribution in [-0.4, -0.2) is 11.5 Å². The summed E-state index contributed by atoms with van der Waals surface area (Å²) < 4.78 is 0.